The predicted molar refractivity (Wildman–Crippen MR) is 112 cm³/mol. The molecule has 1 aliphatic heterocycles. The van der Waals surface area contributed by atoms with Crippen LogP contribution >= 0.6 is 0 Å². The highest BCUT2D eigenvalue weighted by Gasteiger charge is 2.28. The van der Waals surface area contributed by atoms with Crippen LogP contribution in [0.1, 0.15) is 30.4 Å². The third-order valence-electron chi connectivity index (χ3n) is 5.34. The fourth-order valence-electron chi connectivity index (χ4n) is 3.34. The van der Waals surface area contributed by atoms with Gasteiger partial charge in [0.2, 0.25) is 10.0 Å². The lowest BCUT2D eigenvalue weighted by Gasteiger charge is -2.17. The summed E-state index contributed by atoms with van der Waals surface area (Å²) in [6.45, 7) is 5.36. The molecular formula is C20H32N4O3S. The van der Waals surface area contributed by atoms with Gasteiger partial charge >= 0.3 is 0 Å². The summed E-state index contributed by atoms with van der Waals surface area (Å²) in [5.74, 6) is 2.67. The van der Waals surface area contributed by atoms with Gasteiger partial charge < -0.3 is 15.4 Å². The van der Waals surface area contributed by atoms with Crippen molar-refractivity contribution in [2.75, 3.05) is 39.5 Å². The number of ether oxygens (including phenoxy) is 1. The summed E-state index contributed by atoms with van der Waals surface area (Å²) >= 11 is 0. The van der Waals surface area contributed by atoms with E-state index in [1.54, 1.807) is 11.4 Å². The molecule has 156 valence electrons. The number of nitrogens with one attached hydrogen (secondary N) is 2. The second kappa shape index (κ2) is 9.13. The molecule has 3 rings (SSSR count). The number of aryl methyl sites for hydroxylation is 1. The molecule has 1 aromatic rings. The monoisotopic (exact) mass is 408 g/mol. The fraction of sp³-hybridized carbons (Fsp3) is 0.650. The molecule has 0 bridgehead atoms. The third kappa shape index (κ3) is 6.10. The van der Waals surface area contributed by atoms with Crippen molar-refractivity contribution in [3.05, 3.63) is 29.3 Å². The smallest absolute Gasteiger partial charge is 0.211 e. The zero-order valence-corrected chi connectivity index (χ0v) is 17.9. The van der Waals surface area contributed by atoms with Gasteiger partial charge in [0.15, 0.2) is 5.96 Å². The molecule has 0 amide bonds. The molecular weight excluding hydrogens is 376 g/mol. The summed E-state index contributed by atoms with van der Waals surface area (Å²) in [7, 11) is -1.35. The molecule has 0 spiro atoms. The summed E-state index contributed by atoms with van der Waals surface area (Å²) in [4.78, 5) is 4.29. The van der Waals surface area contributed by atoms with Crippen molar-refractivity contribution in [1.82, 2.24) is 14.9 Å². The Bertz CT molecular complexity index is 806. The Kier molecular flexibility index (Phi) is 6.82. The molecule has 1 heterocycles. The van der Waals surface area contributed by atoms with Gasteiger partial charge in [-0.2, -0.15) is 0 Å². The SMILES string of the molecule is CN=C(NCc1ccc(C)cc1OCC1CC1)NCC1CCN(S(C)(=O)=O)C1. The Morgan fingerprint density at radius 1 is 1.25 bits per heavy atom. The lowest BCUT2D eigenvalue weighted by molar-refractivity contribution is 0.296. The van der Waals surface area contributed by atoms with Crippen LogP contribution in [0.5, 0.6) is 5.75 Å². The van der Waals surface area contributed by atoms with Gasteiger partial charge in [0, 0.05) is 38.8 Å². The van der Waals surface area contributed by atoms with Crippen LogP contribution in [0.4, 0.5) is 0 Å². The van der Waals surface area contributed by atoms with Crippen LogP contribution in [0.3, 0.4) is 0 Å². The number of nitrogens with zero attached hydrogens (tertiary/aromatic N) is 2. The number of aliphatic imine (C=N–C) groups is 1. The molecule has 1 saturated heterocycles. The third-order valence-corrected chi connectivity index (χ3v) is 6.61. The van der Waals surface area contributed by atoms with Gasteiger partial charge in [-0.15, -0.1) is 0 Å². The Balaban J connectivity index is 1.49. The molecule has 1 aliphatic carbocycles. The molecule has 1 saturated carbocycles. The Hall–Kier alpha value is -1.80. The molecule has 0 radical (unpaired) electrons. The topological polar surface area (TPSA) is 83.0 Å². The van der Waals surface area contributed by atoms with Crippen LogP contribution < -0.4 is 15.4 Å². The van der Waals surface area contributed by atoms with E-state index in [9.17, 15) is 8.42 Å². The lowest BCUT2D eigenvalue weighted by Crippen LogP contribution is -2.40. The zero-order valence-electron chi connectivity index (χ0n) is 17.1. The molecule has 0 aromatic heterocycles. The molecule has 2 aliphatic rings. The van der Waals surface area contributed by atoms with Gasteiger partial charge in [-0.3, -0.25) is 4.99 Å². The number of guanidine groups is 1. The van der Waals surface area contributed by atoms with Crippen LogP contribution in [0.2, 0.25) is 0 Å². The number of hydrogen-bond donors (Lipinski definition) is 2. The van der Waals surface area contributed by atoms with E-state index in [1.807, 2.05) is 0 Å². The lowest BCUT2D eigenvalue weighted by atomic mass is 10.1. The fourth-order valence-corrected chi connectivity index (χ4v) is 4.26. The number of hydrogen-bond acceptors (Lipinski definition) is 4. The average molecular weight is 409 g/mol. The first kappa shape index (κ1) is 20.9. The maximum Gasteiger partial charge on any atom is 0.211 e. The van der Waals surface area contributed by atoms with Crippen molar-refractivity contribution in [3.8, 4) is 5.75 Å². The summed E-state index contributed by atoms with van der Waals surface area (Å²) in [5, 5.41) is 6.66. The van der Waals surface area contributed by atoms with Gasteiger partial charge in [0.05, 0.1) is 12.9 Å². The highest BCUT2D eigenvalue weighted by Crippen LogP contribution is 2.30. The number of sulfonamides is 1. The highest BCUT2D eigenvalue weighted by molar-refractivity contribution is 7.88. The highest BCUT2D eigenvalue weighted by atomic mass is 32.2. The molecule has 2 fully saturated rings. The predicted octanol–water partition coefficient (Wildman–Crippen LogP) is 1.73. The zero-order chi connectivity index (χ0) is 20.1. The standard InChI is InChI=1S/C20H32N4O3S/c1-15-4-7-18(19(10-15)27-14-16-5-6-16)12-23-20(21-2)22-11-17-8-9-24(13-17)28(3,25)26/h4,7,10,16-17H,5-6,8-9,11-14H2,1-3H3,(H2,21,22,23). The first-order valence-electron chi connectivity index (χ1n) is 9.97. The maximum absolute atomic E-state index is 11.6. The van der Waals surface area contributed by atoms with Crippen LogP contribution in [-0.4, -0.2) is 58.2 Å². The number of benzene rings is 1. The van der Waals surface area contributed by atoms with Crippen molar-refractivity contribution in [2.24, 2.45) is 16.8 Å². The molecule has 1 atom stereocenters. The van der Waals surface area contributed by atoms with Gasteiger partial charge in [-0.1, -0.05) is 12.1 Å². The molecule has 7 nitrogen and oxygen atoms in total. The molecule has 2 N–H and O–H groups in total. The molecule has 8 heteroatoms. The Morgan fingerprint density at radius 3 is 2.68 bits per heavy atom. The van der Waals surface area contributed by atoms with Crippen molar-refractivity contribution in [2.45, 2.75) is 32.7 Å². The maximum atomic E-state index is 11.6. The van der Waals surface area contributed by atoms with E-state index in [1.165, 1.54) is 24.7 Å². The van der Waals surface area contributed by atoms with E-state index in [0.29, 0.717) is 44.0 Å². The summed E-state index contributed by atoms with van der Waals surface area (Å²) in [5.41, 5.74) is 2.30. The van der Waals surface area contributed by atoms with Gasteiger partial charge in [0.25, 0.3) is 0 Å². The van der Waals surface area contributed by atoms with Crippen molar-refractivity contribution in [3.63, 3.8) is 0 Å². The van der Waals surface area contributed by atoms with E-state index in [4.69, 9.17) is 4.74 Å². The first-order valence-corrected chi connectivity index (χ1v) is 11.8. The Morgan fingerprint density at radius 2 is 2.04 bits per heavy atom. The summed E-state index contributed by atoms with van der Waals surface area (Å²) in [6, 6.07) is 6.28. The minimum Gasteiger partial charge on any atom is -0.493 e. The molecule has 1 aromatic carbocycles. The minimum absolute atomic E-state index is 0.296. The summed E-state index contributed by atoms with van der Waals surface area (Å²) < 4.78 is 30.9. The van der Waals surface area contributed by atoms with Gasteiger partial charge in [0.1, 0.15) is 5.75 Å². The quantitative estimate of drug-likeness (QED) is 0.506. The normalized spacial score (nSPS) is 21.0. The first-order chi connectivity index (χ1) is 13.3. The van der Waals surface area contributed by atoms with Crippen molar-refractivity contribution < 1.29 is 13.2 Å². The second-order valence-electron chi connectivity index (χ2n) is 7.95. The van der Waals surface area contributed by atoms with E-state index >= 15 is 0 Å². The number of rotatable bonds is 8. The van der Waals surface area contributed by atoms with Crippen LogP contribution in [0.25, 0.3) is 0 Å². The Labute approximate surface area is 168 Å². The summed E-state index contributed by atoms with van der Waals surface area (Å²) in [6.07, 6.45) is 4.68. The molecule has 28 heavy (non-hydrogen) atoms. The minimum atomic E-state index is -3.10. The van der Waals surface area contributed by atoms with E-state index in [2.05, 4.69) is 40.7 Å². The van der Waals surface area contributed by atoms with E-state index < -0.39 is 10.0 Å². The second-order valence-corrected chi connectivity index (χ2v) is 9.93. The van der Waals surface area contributed by atoms with E-state index in [-0.39, 0.29) is 0 Å². The van der Waals surface area contributed by atoms with Crippen LogP contribution in [-0.2, 0) is 16.6 Å². The van der Waals surface area contributed by atoms with Crippen molar-refractivity contribution in [1.29, 1.82) is 0 Å². The van der Waals surface area contributed by atoms with Crippen molar-refractivity contribution >= 4 is 16.0 Å². The van der Waals surface area contributed by atoms with Gasteiger partial charge in [-0.05, 0) is 49.7 Å². The molecule has 1 unspecified atom stereocenters. The van der Waals surface area contributed by atoms with Crippen LogP contribution in [0.15, 0.2) is 23.2 Å². The largest absolute Gasteiger partial charge is 0.493 e. The average Bonchev–Trinajstić information content (AvgIpc) is 3.35. The van der Waals surface area contributed by atoms with E-state index in [0.717, 1.165) is 24.3 Å². The van der Waals surface area contributed by atoms with Crippen LogP contribution in [0, 0.1) is 18.8 Å². The van der Waals surface area contributed by atoms with Gasteiger partial charge in [-0.25, -0.2) is 12.7 Å².